The first-order valence-electron chi connectivity index (χ1n) is 7.14. The zero-order valence-corrected chi connectivity index (χ0v) is 13.9. The summed E-state index contributed by atoms with van der Waals surface area (Å²) in [4.78, 5) is 0. The van der Waals surface area contributed by atoms with E-state index >= 15 is 0 Å². The fourth-order valence-corrected chi connectivity index (χ4v) is 2.42. The lowest BCUT2D eigenvalue weighted by molar-refractivity contribution is 0.232. The van der Waals surface area contributed by atoms with Crippen molar-refractivity contribution in [1.82, 2.24) is 9.78 Å². The van der Waals surface area contributed by atoms with Gasteiger partial charge in [0.05, 0.1) is 16.4 Å². The first-order valence-corrected chi connectivity index (χ1v) is 7.52. The summed E-state index contributed by atoms with van der Waals surface area (Å²) in [6.07, 6.45) is 1.81. The van der Waals surface area contributed by atoms with Gasteiger partial charge in [0, 0.05) is 19.0 Å². The highest BCUT2D eigenvalue weighted by molar-refractivity contribution is 6.31. The topological polar surface area (TPSA) is 43.8 Å². The largest absolute Gasteiger partial charge is 0.327 e. The summed E-state index contributed by atoms with van der Waals surface area (Å²) in [5, 5.41) is 5.22. The molecule has 3 nitrogen and oxygen atoms in total. The molecule has 1 rings (SSSR count). The van der Waals surface area contributed by atoms with Crippen molar-refractivity contribution in [3.8, 4) is 0 Å². The van der Waals surface area contributed by atoms with Gasteiger partial charge in [-0.1, -0.05) is 39.3 Å². The Morgan fingerprint density at radius 1 is 1.37 bits per heavy atom. The molecule has 0 aromatic carbocycles. The summed E-state index contributed by atoms with van der Waals surface area (Å²) >= 11 is 6.32. The Morgan fingerprint density at radius 2 is 1.95 bits per heavy atom. The molecule has 0 saturated carbocycles. The number of aryl methyl sites for hydroxylation is 2. The molecule has 1 heterocycles. The molecule has 2 unspecified atom stereocenters. The molecule has 0 saturated heterocycles. The molecule has 0 aliphatic carbocycles. The Bertz CT molecular complexity index is 418. The first-order chi connectivity index (χ1) is 8.66. The van der Waals surface area contributed by atoms with Crippen LogP contribution in [0.25, 0.3) is 0 Å². The minimum atomic E-state index is 0.133. The quantitative estimate of drug-likeness (QED) is 0.894. The fourth-order valence-electron chi connectivity index (χ4n) is 2.20. The fraction of sp³-hybridized carbons (Fsp3) is 0.800. The van der Waals surface area contributed by atoms with Gasteiger partial charge >= 0.3 is 0 Å². The van der Waals surface area contributed by atoms with E-state index in [1.165, 1.54) is 0 Å². The van der Waals surface area contributed by atoms with Gasteiger partial charge in [0.15, 0.2) is 0 Å². The molecule has 0 bridgehead atoms. The van der Waals surface area contributed by atoms with Gasteiger partial charge in [-0.25, -0.2) is 0 Å². The predicted molar refractivity (Wildman–Crippen MR) is 82.6 cm³/mol. The van der Waals surface area contributed by atoms with E-state index in [9.17, 15) is 0 Å². The van der Waals surface area contributed by atoms with Crippen LogP contribution in [0.1, 0.15) is 52.4 Å². The zero-order chi connectivity index (χ0) is 14.8. The maximum atomic E-state index is 6.32. The van der Waals surface area contributed by atoms with Gasteiger partial charge in [0.25, 0.3) is 0 Å². The van der Waals surface area contributed by atoms with Gasteiger partial charge in [-0.15, -0.1) is 0 Å². The third-order valence-corrected chi connectivity index (χ3v) is 4.53. The van der Waals surface area contributed by atoms with E-state index in [1.807, 2.05) is 11.6 Å². The number of aromatic nitrogens is 2. The van der Waals surface area contributed by atoms with Gasteiger partial charge in [0.1, 0.15) is 0 Å². The standard InChI is InChI=1S/C15H28ClN3/c1-7-19-13(14(16)11(3)18-19)9-12(17)8-10(2)15(4,5)6/h10,12H,7-9,17H2,1-6H3. The van der Waals surface area contributed by atoms with Gasteiger partial charge < -0.3 is 5.73 Å². The van der Waals surface area contributed by atoms with E-state index in [4.69, 9.17) is 17.3 Å². The Labute approximate surface area is 122 Å². The average Bonchev–Trinajstić information content (AvgIpc) is 2.55. The predicted octanol–water partition coefficient (Wildman–Crippen LogP) is 3.81. The van der Waals surface area contributed by atoms with Crippen molar-refractivity contribution >= 4 is 11.6 Å². The van der Waals surface area contributed by atoms with Crippen molar-refractivity contribution in [1.29, 1.82) is 0 Å². The van der Waals surface area contributed by atoms with Crippen LogP contribution < -0.4 is 5.73 Å². The zero-order valence-electron chi connectivity index (χ0n) is 13.1. The van der Waals surface area contributed by atoms with Gasteiger partial charge in [-0.3, -0.25) is 4.68 Å². The van der Waals surface area contributed by atoms with E-state index in [1.54, 1.807) is 0 Å². The molecule has 0 fully saturated rings. The molecule has 1 aromatic rings. The molecule has 0 aliphatic rings. The SMILES string of the molecule is CCn1nc(C)c(Cl)c1CC(N)CC(C)C(C)(C)C. The summed E-state index contributed by atoms with van der Waals surface area (Å²) in [7, 11) is 0. The van der Waals surface area contributed by atoms with E-state index in [-0.39, 0.29) is 6.04 Å². The molecule has 0 aliphatic heterocycles. The number of nitrogens with zero attached hydrogens (tertiary/aromatic N) is 2. The molecule has 0 spiro atoms. The van der Waals surface area contributed by atoms with Crippen LogP contribution in [0.2, 0.25) is 5.02 Å². The lowest BCUT2D eigenvalue weighted by atomic mass is 9.78. The number of nitrogens with two attached hydrogens (primary N) is 1. The lowest BCUT2D eigenvalue weighted by Crippen LogP contribution is -2.31. The summed E-state index contributed by atoms with van der Waals surface area (Å²) in [5.74, 6) is 0.584. The van der Waals surface area contributed by atoms with Crippen LogP contribution in [0.3, 0.4) is 0 Å². The van der Waals surface area contributed by atoms with Gasteiger partial charge in [-0.2, -0.15) is 5.10 Å². The van der Waals surface area contributed by atoms with Crippen LogP contribution in [0.5, 0.6) is 0 Å². The van der Waals surface area contributed by atoms with E-state index < -0.39 is 0 Å². The maximum absolute atomic E-state index is 6.32. The van der Waals surface area contributed by atoms with Crippen molar-refractivity contribution in [2.24, 2.45) is 17.1 Å². The third kappa shape index (κ3) is 4.22. The monoisotopic (exact) mass is 285 g/mol. The van der Waals surface area contributed by atoms with Gasteiger partial charge in [-0.05, 0) is 31.6 Å². The van der Waals surface area contributed by atoms with Crippen LogP contribution in [-0.4, -0.2) is 15.8 Å². The molecular formula is C15H28ClN3. The molecule has 1 aromatic heterocycles. The maximum Gasteiger partial charge on any atom is 0.0847 e. The number of hydrogen-bond acceptors (Lipinski definition) is 2. The minimum Gasteiger partial charge on any atom is -0.327 e. The summed E-state index contributed by atoms with van der Waals surface area (Å²) in [6, 6.07) is 0.133. The normalized spacial score (nSPS) is 15.6. The van der Waals surface area contributed by atoms with E-state index in [0.29, 0.717) is 11.3 Å². The Morgan fingerprint density at radius 3 is 2.42 bits per heavy atom. The van der Waals surface area contributed by atoms with Crippen molar-refractivity contribution in [3.05, 3.63) is 16.4 Å². The van der Waals surface area contributed by atoms with Gasteiger partial charge in [0.2, 0.25) is 0 Å². The van der Waals surface area contributed by atoms with E-state index in [2.05, 4.69) is 39.7 Å². The minimum absolute atomic E-state index is 0.133. The van der Waals surface area contributed by atoms with Crippen LogP contribution in [0, 0.1) is 18.3 Å². The van der Waals surface area contributed by atoms with Crippen LogP contribution in [0.15, 0.2) is 0 Å². The second kappa shape index (κ2) is 6.27. The molecule has 2 N–H and O–H groups in total. The summed E-state index contributed by atoms with van der Waals surface area (Å²) in [5.41, 5.74) is 8.58. The molecule has 110 valence electrons. The van der Waals surface area contributed by atoms with Crippen LogP contribution in [0.4, 0.5) is 0 Å². The third-order valence-electron chi connectivity index (χ3n) is 4.04. The number of hydrogen-bond donors (Lipinski definition) is 1. The number of halogens is 1. The Hall–Kier alpha value is -0.540. The van der Waals surface area contributed by atoms with Crippen molar-refractivity contribution in [2.45, 2.75) is 67.0 Å². The highest BCUT2D eigenvalue weighted by Gasteiger charge is 2.23. The molecule has 0 radical (unpaired) electrons. The smallest absolute Gasteiger partial charge is 0.0847 e. The average molecular weight is 286 g/mol. The number of rotatable bonds is 5. The molecule has 2 atom stereocenters. The van der Waals surface area contributed by atoms with Crippen molar-refractivity contribution in [2.75, 3.05) is 0 Å². The molecule has 4 heteroatoms. The highest BCUT2D eigenvalue weighted by atomic mass is 35.5. The molecule has 19 heavy (non-hydrogen) atoms. The van der Waals surface area contributed by atoms with Crippen LogP contribution >= 0.6 is 11.6 Å². The summed E-state index contributed by atoms with van der Waals surface area (Å²) in [6.45, 7) is 13.9. The molecular weight excluding hydrogens is 258 g/mol. The highest BCUT2D eigenvalue weighted by Crippen LogP contribution is 2.30. The Kier molecular flexibility index (Phi) is 5.45. The Balaban J connectivity index is 2.75. The van der Waals surface area contributed by atoms with Crippen LogP contribution in [-0.2, 0) is 13.0 Å². The lowest BCUT2D eigenvalue weighted by Gasteiger charge is -2.29. The second-order valence-electron chi connectivity index (χ2n) is 6.63. The summed E-state index contributed by atoms with van der Waals surface area (Å²) < 4.78 is 1.97. The second-order valence-corrected chi connectivity index (χ2v) is 7.01. The van der Waals surface area contributed by atoms with E-state index in [0.717, 1.165) is 35.8 Å². The first kappa shape index (κ1) is 16.5. The van der Waals surface area contributed by atoms with Crippen molar-refractivity contribution < 1.29 is 0 Å². The molecule has 0 amide bonds. The van der Waals surface area contributed by atoms with Crippen molar-refractivity contribution in [3.63, 3.8) is 0 Å².